The van der Waals surface area contributed by atoms with E-state index < -0.39 is 60.4 Å². The van der Waals surface area contributed by atoms with E-state index in [2.05, 4.69) is 10.6 Å². The molecule has 0 spiro atoms. The lowest BCUT2D eigenvalue weighted by Gasteiger charge is -2.27. The number of hydrogen-bond donors (Lipinski definition) is 2. The smallest absolute Gasteiger partial charge is 0.320 e. The maximum absolute atomic E-state index is 13.3. The van der Waals surface area contributed by atoms with Crippen LogP contribution in [0.15, 0.2) is 0 Å². The third kappa shape index (κ3) is 11.8. The van der Waals surface area contributed by atoms with Crippen LogP contribution < -0.4 is 10.6 Å². The van der Waals surface area contributed by atoms with Crippen molar-refractivity contribution in [3.8, 4) is 0 Å². The van der Waals surface area contributed by atoms with E-state index in [0.717, 1.165) is 11.8 Å². The van der Waals surface area contributed by atoms with Crippen molar-refractivity contribution in [1.82, 2.24) is 10.6 Å². The highest BCUT2D eigenvalue weighted by atomic mass is 32.2. The Morgan fingerprint density at radius 2 is 0.903 bits per heavy atom. The molecule has 0 saturated carbocycles. The largest absolute Gasteiger partial charge is 0.453 e. The van der Waals surface area contributed by atoms with E-state index >= 15 is 0 Å². The van der Waals surface area contributed by atoms with Gasteiger partial charge in [-0.1, -0.05) is 0 Å². The molecule has 0 aromatic carbocycles. The third-order valence-corrected chi connectivity index (χ3v) is 6.39. The Bertz CT molecular complexity index is 441. The molecule has 2 N–H and O–H groups in total. The molecular weight excluding hydrogens is 466 g/mol. The topological polar surface area (TPSA) is 24.1 Å². The van der Waals surface area contributed by atoms with E-state index in [1.54, 1.807) is 14.1 Å². The van der Waals surface area contributed by atoms with Gasteiger partial charge in [-0.05, 0) is 65.7 Å². The van der Waals surface area contributed by atoms with Crippen LogP contribution in [0, 0.1) is 0 Å². The van der Waals surface area contributed by atoms with E-state index in [1.165, 1.54) is 0 Å². The van der Waals surface area contributed by atoms with Gasteiger partial charge in [-0.2, -0.15) is 55.7 Å². The zero-order chi connectivity index (χ0) is 24.3. The average Bonchev–Trinajstić information content (AvgIpc) is 2.62. The lowest BCUT2D eigenvalue weighted by Crippen LogP contribution is -2.37. The molecule has 0 heterocycles. The van der Waals surface area contributed by atoms with Gasteiger partial charge in [-0.3, -0.25) is 0 Å². The van der Waals surface area contributed by atoms with Crippen LogP contribution in [0.1, 0.15) is 51.4 Å². The fourth-order valence-electron chi connectivity index (χ4n) is 2.81. The van der Waals surface area contributed by atoms with Gasteiger partial charge in [0.05, 0.1) is 0 Å². The summed E-state index contributed by atoms with van der Waals surface area (Å²) in [5, 5.41) is 4.17. The summed E-state index contributed by atoms with van der Waals surface area (Å²) in [4.78, 5) is 0. The molecule has 0 bridgehead atoms. The van der Waals surface area contributed by atoms with Gasteiger partial charge in [-0.15, -0.1) is 0 Å². The van der Waals surface area contributed by atoms with Crippen molar-refractivity contribution in [3.05, 3.63) is 0 Å². The van der Waals surface area contributed by atoms with Crippen LogP contribution in [-0.4, -0.2) is 61.9 Å². The van der Waals surface area contributed by atoms with E-state index in [4.69, 9.17) is 0 Å². The van der Waals surface area contributed by atoms with Crippen LogP contribution in [0.25, 0.3) is 0 Å². The number of alkyl halides is 10. The molecule has 2 atom stereocenters. The maximum atomic E-state index is 13.3. The quantitative estimate of drug-likeness (QED) is 0.191. The monoisotopic (exact) mass is 496 g/mol. The number of hydrogen-bond acceptors (Lipinski definition) is 3. The normalized spacial score (nSPS) is 15.9. The SMILES string of the molecule is CNCCCC(CCC(F)(F)C(F)(F)F)SC(CCCNC)CCC(F)(F)C(F)(F)F. The van der Waals surface area contributed by atoms with Gasteiger partial charge in [0.25, 0.3) is 0 Å². The van der Waals surface area contributed by atoms with E-state index in [-0.39, 0.29) is 12.8 Å². The van der Waals surface area contributed by atoms with Gasteiger partial charge < -0.3 is 10.6 Å². The first-order valence-corrected chi connectivity index (χ1v) is 10.9. The molecule has 188 valence electrons. The van der Waals surface area contributed by atoms with Crippen molar-refractivity contribution >= 4 is 11.8 Å². The fraction of sp³-hybridized carbons (Fsp3) is 1.00. The number of halogens is 10. The Morgan fingerprint density at radius 3 is 1.16 bits per heavy atom. The fourth-order valence-corrected chi connectivity index (χ4v) is 4.47. The van der Waals surface area contributed by atoms with Gasteiger partial charge in [-0.25, -0.2) is 0 Å². The lowest BCUT2D eigenvalue weighted by molar-refractivity contribution is -0.284. The highest BCUT2D eigenvalue weighted by Gasteiger charge is 2.57. The zero-order valence-corrected chi connectivity index (χ0v) is 18.2. The highest BCUT2D eigenvalue weighted by Crippen LogP contribution is 2.43. The summed E-state index contributed by atoms with van der Waals surface area (Å²) in [6, 6.07) is 0. The number of nitrogens with one attached hydrogen (secondary N) is 2. The van der Waals surface area contributed by atoms with Crippen LogP contribution >= 0.6 is 11.8 Å². The van der Waals surface area contributed by atoms with E-state index in [9.17, 15) is 43.9 Å². The van der Waals surface area contributed by atoms with Gasteiger partial charge in [0.15, 0.2) is 0 Å². The van der Waals surface area contributed by atoms with Crippen LogP contribution in [0.4, 0.5) is 43.9 Å². The Labute approximate surface area is 180 Å². The van der Waals surface area contributed by atoms with Gasteiger partial charge in [0, 0.05) is 23.3 Å². The summed E-state index contributed by atoms with van der Waals surface area (Å²) in [7, 11) is 3.25. The molecule has 0 saturated heterocycles. The van der Waals surface area contributed by atoms with Crippen molar-refractivity contribution in [2.24, 2.45) is 0 Å². The molecule has 0 aliphatic rings. The van der Waals surface area contributed by atoms with Crippen LogP contribution in [0.2, 0.25) is 0 Å². The van der Waals surface area contributed by atoms with Gasteiger partial charge >= 0.3 is 24.2 Å². The summed E-state index contributed by atoms with van der Waals surface area (Å²) in [6.45, 7) is 0.923. The zero-order valence-electron chi connectivity index (χ0n) is 17.4. The summed E-state index contributed by atoms with van der Waals surface area (Å²) in [5.74, 6) is -9.78. The Balaban J connectivity index is 5.22. The maximum Gasteiger partial charge on any atom is 0.453 e. The molecule has 0 aromatic heterocycles. The average molecular weight is 496 g/mol. The second kappa shape index (κ2) is 13.3. The predicted octanol–water partition coefficient (Wildman–Crippen LogP) is 6.41. The summed E-state index contributed by atoms with van der Waals surface area (Å²) >= 11 is 0.936. The Hall–Kier alpha value is -0.430. The molecule has 0 aliphatic carbocycles. The number of thioether (sulfide) groups is 1. The molecule has 0 aliphatic heterocycles. The molecule has 31 heavy (non-hydrogen) atoms. The van der Waals surface area contributed by atoms with Crippen LogP contribution in [-0.2, 0) is 0 Å². The molecular formula is C18H30F10N2S. The lowest BCUT2D eigenvalue weighted by atomic mass is 10.1. The third-order valence-electron chi connectivity index (χ3n) is 4.68. The van der Waals surface area contributed by atoms with Gasteiger partial charge in [0.1, 0.15) is 0 Å². The predicted molar refractivity (Wildman–Crippen MR) is 102 cm³/mol. The molecule has 0 rings (SSSR count). The Morgan fingerprint density at radius 1 is 0.581 bits per heavy atom. The minimum Gasteiger partial charge on any atom is -0.320 e. The van der Waals surface area contributed by atoms with Gasteiger partial charge in [0.2, 0.25) is 0 Å². The first kappa shape index (κ1) is 30.6. The molecule has 0 fully saturated rings. The molecule has 2 nitrogen and oxygen atoms in total. The van der Waals surface area contributed by atoms with Crippen molar-refractivity contribution in [3.63, 3.8) is 0 Å². The minimum atomic E-state index is -5.70. The highest BCUT2D eigenvalue weighted by molar-refractivity contribution is 8.00. The minimum absolute atomic E-state index is 0.234. The molecule has 13 heteroatoms. The summed E-state index contributed by atoms with van der Waals surface area (Å²) < 4.78 is 128. The van der Waals surface area contributed by atoms with Crippen LogP contribution in [0.5, 0.6) is 0 Å². The van der Waals surface area contributed by atoms with E-state index in [0.29, 0.717) is 25.9 Å². The molecule has 0 aromatic rings. The first-order chi connectivity index (χ1) is 14.1. The second-order valence-corrected chi connectivity index (χ2v) is 8.96. The van der Waals surface area contributed by atoms with Crippen molar-refractivity contribution in [2.45, 2.75) is 86.1 Å². The standard InChI is InChI=1S/C18H30F10N2S/c1-29-11-3-5-13(7-9-15(19,20)17(23,24)25)31-14(6-4-12-30-2)8-10-16(21,22)18(26,27)28/h13-14,29-30H,3-12H2,1-2H3. The molecule has 2 unspecified atom stereocenters. The van der Waals surface area contributed by atoms with Crippen molar-refractivity contribution in [2.75, 3.05) is 27.2 Å². The number of rotatable bonds is 16. The molecule has 0 radical (unpaired) electrons. The summed E-state index contributed by atoms with van der Waals surface area (Å²) in [6.07, 6.45) is -14.0. The molecule has 0 amide bonds. The first-order valence-electron chi connectivity index (χ1n) is 9.91. The van der Waals surface area contributed by atoms with Crippen molar-refractivity contribution in [1.29, 1.82) is 0 Å². The second-order valence-electron chi connectivity index (χ2n) is 7.35. The summed E-state index contributed by atoms with van der Waals surface area (Å²) in [5.41, 5.74) is 0. The van der Waals surface area contributed by atoms with E-state index in [1.807, 2.05) is 0 Å². The van der Waals surface area contributed by atoms with Crippen LogP contribution in [0.3, 0.4) is 0 Å². The Kier molecular flexibility index (Phi) is 13.1. The van der Waals surface area contributed by atoms with Crippen molar-refractivity contribution < 1.29 is 43.9 Å².